The van der Waals surface area contributed by atoms with Crippen LogP contribution in [0, 0.1) is 0 Å². The van der Waals surface area contributed by atoms with Gasteiger partial charge >= 0.3 is 0 Å². The zero-order chi connectivity index (χ0) is 10.2. The van der Waals surface area contributed by atoms with Crippen LogP contribution in [0.5, 0.6) is 0 Å². The van der Waals surface area contributed by atoms with Crippen LogP contribution in [0.4, 0.5) is 0 Å². The average Bonchev–Trinajstić information content (AvgIpc) is 1.98. The molecule has 0 amide bonds. The van der Waals surface area contributed by atoms with Crippen molar-refractivity contribution in [1.82, 2.24) is 0 Å². The lowest BCUT2D eigenvalue weighted by Gasteiger charge is -2.16. The van der Waals surface area contributed by atoms with Gasteiger partial charge in [-0.15, -0.1) is 0 Å². The van der Waals surface area contributed by atoms with Crippen LogP contribution in [0.25, 0.3) is 0 Å². The van der Waals surface area contributed by atoms with Gasteiger partial charge in [0.15, 0.2) is 2.14 Å². The van der Waals surface area contributed by atoms with E-state index in [2.05, 4.69) is 95.6 Å². The Bertz CT molecular complexity index is 326. The molecule has 0 heterocycles. The van der Waals surface area contributed by atoms with Gasteiger partial charge < -0.3 is 0 Å². The molecule has 0 spiro atoms. The largest absolute Gasteiger partial charge is 0.161 e. The Morgan fingerprint density at radius 1 is 0.846 bits per heavy atom. The van der Waals surface area contributed by atoms with Gasteiger partial charge in [0.1, 0.15) is 0 Å². The van der Waals surface area contributed by atoms with Crippen LogP contribution in [0.3, 0.4) is 0 Å². The molecule has 0 bridgehead atoms. The molecule has 0 unspecified atom stereocenters. The van der Waals surface area contributed by atoms with Crippen molar-refractivity contribution in [2.75, 3.05) is 0 Å². The predicted molar refractivity (Wildman–Crippen MR) is 78.0 cm³/mol. The van der Waals surface area contributed by atoms with E-state index >= 15 is 0 Å². The molecule has 0 saturated carbocycles. The third kappa shape index (κ3) is 3.28. The molecule has 6 heteroatoms. The van der Waals surface area contributed by atoms with E-state index in [9.17, 15) is 0 Å². The number of rotatable bonds is 0. The first kappa shape index (κ1) is 13.2. The summed E-state index contributed by atoms with van der Waals surface area (Å²) in [5.74, 6) is 0. The average molecular weight is 566 g/mol. The van der Waals surface area contributed by atoms with Crippen molar-refractivity contribution in [3.63, 3.8) is 0 Å². The molecule has 0 atom stereocenters. The molecule has 1 rings (SSSR count). The van der Waals surface area contributed by atoms with Crippen molar-refractivity contribution in [3.8, 4) is 0 Å². The Hall–Kier alpha value is 2.10. The van der Waals surface area contributed by atoms with Gasteiger partial charge in [-0.3, -0.25) is 0 Å². The number of hydrogen-bond donors (Lipinski definition) is 0. The third-order valence-electron chi connectivity index (χ3n) is 1.34. The summed E-state index contributed by atoms with van der Waals surface area (Å²) in [6.07, 6.45) is 0. The monoisotopic (exact) mass is 560 g/mol. The molecule has 0 fully saturated rings. The summed E-state index contributed by atoms with van der Waals surface area (Å²) >= 11 is 20.8. The SMILES string of the molecule is Brc1ccc(C(Br)(Br)Br)c(Br)c1Br. The van der Waals surface area contributed by atoms with Gasteiger partial charge in [0.25, 0.3) is 0 Å². The van der Waals surface area contributed by atoms with E-state index < -0.39 is 2.14 Å². The maximum Gasteiger partial charge on any atom is 0.161 e. The van der Waals surface area contributed by atoms with Gasteiger partial charge in [-0.05, 0) is 53.9 Å². The van der Waals surface area contributed by atoms with E-state index in [-0.39, 0.29) is 0 Å². The van der Waals surface area contributed by atoms with E-state index in [0.717, 1.165) is 19.0 Å². The lowest BCUT2D eigenvalue weighted by Crippen LogP contribution is -1.99. The molecule has 0 aliphatic heterocycles. The molecule has 13 heavy (non-hydrogen) atoms. The highest BCUT2D eigenvalue weighted by Crippen LogP contribution is 2.49. The van der Waals surface area contributed by atoms with E-state index in [1.807, 2.05) is 12.1 Å². The Morgan fingerprint density at radius 2 is 1.38 bits per heavy atom. The maximum absolute atomic E-state index is 3.50. The Morgan fingerprint density at radius 3 is 1.85 bits per heavy atom. The van der Waals surface area contributed by atoms with Crippen LogP contribution >= 0.6 is 95.6 Å². The minimum atomic E-state index is -0.394. The molecule has 72 valence electrons. The van der Waals surface area contributed by atoms with Gasteiger partial charge in [0, 0.05) is 19.0 Å². The first-order chi connectivity index (χ1) is 5.84. The molecular weight excluding hydrogens is 564 g/mol. The summed E-state index contributed by atoms with van der Waals surface area (Å²) in [4.78, 5) is 0. The molecule has 0 nitrogen and oxygen atoms in total. The lowest BCUT2D eigenvalue weighted by molar-refractivity contribution is 1.31. The van der Waals surface area contributed by atoms with Crippen molar-refractivity contribution >= 4 is 95.6 Å². The van der Waals surface area contributed by atoms with Crippen LogP contribution in [-0.4, -0.2) is 0 Å². The summed E-state index contributed by atoms with van der Waals surface area (Å²) in [5, 5.41) is 0. The number of halogens is 6. The summed E-state index contributed by atoms with van der Waals surface area (Å²) in [6.45, 7) is 0. The Labute approximate surface area is 127 Å². The van der Waals surface area contributed by atoms with E-state index in [1.165, 1.54) is 0 Å². The van der Waals surface area contributed by atoms with Gasteiger partial charge in [-0.1, -0.05) is 53.9 Å². The Kier molecular flexibility index (Phi) is 5.02. The second kappa shape index (κ2) is 4.95. The number of benzene rings is 1. The summed E-state index contributed by atoms with van der Waals surface area (Å²) in [6, 6.07) is 3.97. The molecule has 0 aliphatic carbocycles. The quantitative estimate of drug-likeness (QED) is 0.257. The molecule has 0 aromatic heterocycles. The Balaban J connectivity index is 3.35. The van der Waals surface area contributed by atoms with Gasteiger partial charge in [0.05, 0.1) is 0 Å². The molecular formula is C7H2Br6. The fourth-order valence-electron chi connectivity index (χ4n) is 0.745. The first-order valence-corrected chi connectivity index (χ1v) is 7.80. The highest BCUT2D eigenvalue weighted by molar-refractivity contribution is 9.38. The van der Waals surface area contributed by atoms with Crippen molar-refractivity contribution in [3.05, 3.63) is 31.1 Å². The number of alkyl halides is 3. The van der Waals surface area contributed by atoms with Gasteiger partial charge in [-0.25, -0.2) is 0 Å². The van der Waals surface area contributed by atoms with Gasteiger partial charge in [0.2, 0.25) is 0 Å². The second-order valence-electron chi connectivity index (χ2n) is 2.22. The summed E-state index contributed by atoms with van der Waals surface area (Å²) in [5.41, 5.74) is 1.06. The second-order valence-corrected chi connectivity index (χ2v) is 11.4. The highest BCUT2D eigenvalue weighted by Gasteiger charge is 2.25. The van der Waals surface area contributed by atoms with Crippen molar-refractivity contribution in [2.45, 2.75) is 2.14 Å². The molecule has 0 N–H and O–H groups in total. The van der Waals surface area contributed by atoms with Crippen molar-refractivity contribution in [1.29, 1.82) is 0 Å². The zero-order valence-electron chi connectivity index (χ0n) is 5.92. The van der Waals surface area contributed by atoms with Crippen molar-refractivity contribution in [2.24, 2.45) is 0 Å². The van der Waals surface area contributed by atoms with Gasteiger partial charge in [-0.2, -0.15) is 0 Å². The van der Waals surface area contributed by atoms with Crippen LogP contribution in [-0.2, 0) is 2.14 Å². The molecule has 0 radical (unpaired) electrons. The summed E-state index contributed by atoms with van der Waals surface area (Å²) < 4.78 is 2.61. The lowest BCUT2D eigenvalue weighted by atomic mass is 10.2. The molecule has 1 aromatic rings. The van der Waals surface area contributed by atoms with Crippen LogP contribution in [0.2, 0.25) is 0 Å². The minimum Gasteiger partial charge on any atom is -0.0545 e. The third-order valence-corrected chi connectivity index (χ3v) is 5.99. The van der Waals surface area contributed by atoms with Crippen LogP contribution in [0.1, 0.15) is 5.56 Å². The molecule has 0 aliphatic rings. The standard InChI is InChI=1S/C7H2Br6/c8-4-2-1-3(7(11,12)13)5(9)6(4)10/h1-2H. The number of hydrogen-bond acceptors (Lipinski definition) is 0. The fraction of sp³-hybridized carbons (Fsp3) is 0.143. The predicted octanol–water partition coefficient (Wildman–Crippen LogP) is 6.27. The molecule has 1 aromatic carbocycles. The van der Waals surface area contributed by atoms with E-state index in [4.69, 9.17) is 0 Å². The van der Waals surface area contributed by atoms with E-state index in [1.54, 1.807) is 0 Å². The fourth-order valence-corrected chi connectivity index (χ4v) is 4.12. The molecule has 0 saturated heterocycles. The summed E-state index contributed by atoms with van der Waals surface area (Å²) in [7, 11) is 0. The minimum absolute atomic E-state index is 0.394. The highest BCUT2D eigenvalue weighted by atomic mass is 80.0. The van der Waals surface area contributed by atoms with Crippen LogP contribution in [0.15, 0.2) is 25.6 Å². The first-order valence-electron chi connectivity index (χ1n) is 3.04. The normalized spacial score (nSPS) is 11.8. The maximum atomic E-state index is 3.50. The smallest absolute Gasteiger partial charge is 0.0545 e. The van der Waals surface area contributed by atoms with Crippen LogP contribution < -0.4 is 0 Å². The topological polar surface area (TPSA) is 0 Å². The zero-order valence-corrected chi connectivity index (χ0v) is 15.4. The van der Waals surface area contributed by atoms with E-state index in [0.29, 0.717) is 0 Å². The van der Waals surface area contributed by atoms with Crippen molar-refractivity contribution < 1.29 is 0 Å².